The number of nitrogens with one attached hydrogen (secondary N) is 3. The lowest BCUT2D eigenvalue weighted by atomic mass is 9.94. The Morgan fingerprint density at radius 2 is 1.79 bits per heavy atom. The number of alkyl halides is 3. The van der Waals surface area contributed by atoms with Gasteiger partial charge in [-0.3, -0.25) is 14.4 Å². The molecule has 5 rings (SSSR count). The molecule has 0 aliphatic carbocycles. The molecule has 7 nitrogen and oxygen atoms in total. The van der Waals surface area contributed by atoms with Crippen LogP contribution in [0.2, 0.25) is 5.02 Å². The molecule has 3 aromatic rings. The lowest BCUT2D eigenvalue weighted by Crippen LogP contribution is -2.35. The van der Waals surface area contributed by atoms with Crippen LogP contribution in [0.5, 0.6) is 5.75 Å². The van der Waals surface area contributed by atoms with Crippen LogP contribution in [0.3, 0.4) is 0 Å². The molecule has 3 aromatic carbocycles. The monoisotopic (exact) mass is 551 g/mol. The first-order valence-electron chi connectivity index (χ1n) is 11.0. The van der Waals surface area contributed by atoms with E-state index in [2.05, 4.69) is 16.0 Å². The second kappa shape index (κ2) is 8.98. The number of anilines is 2. The lowest BCUT2D eigenvalue weighted by molar-refractivity contribution is -0.137. The fourth-order valence-corrected chi connectivity index (χ4v) is 4.55. The lowest BCUT2D eigenvalue weighted by Gasteiger charge is -2.26. The van der Waals surface area contributed by atoms with E-state index < -0.39 is 58.8 Å². The maximum atomic E-state index is 14.1. The number of hydrogen-bond donors (Lipinski definition) is 3. The highest BCUT2D eigenvalue weighted by molar-refractivity contribution is 6.31. The van der Waals surface area contributed by atoms with Crippen LogP contribution in [0.25, 0.3) is 0 Å². The Balaban J connectivity index is 1.67. The van der Waals surface area contributed by atoms with Crippen LogP contribution in [0, 0.1) is 11.6 Å². The van der Waals surface area contributed by atoms with Gasteiger partial charge in [0, 0.05) is 27.8 Å². The van der Waals surface area contributed by atoms with Crippen LogP contribution in [0.15, 0.2) is 42.5 Å². The summed E-state index contributed by atoms with van der Waals surface area (Å²) in [6.07, 6.45) is -5.89. The van der Waals surface area contributed by atoms with Crippen molar-refractivity contribution in [1.82, 2.24) is 5.32 Å². The van der Waals surface area contributed by atoms with Crippen molar-refractivity contribution in [3.05, 3.63) is 86.9 Å². The van der Waals surface area contributed by atoms with Crippen molar-refractivity contribution >= 4 is 40.7 Å². The van der Waals surface area contributed by atoms with Crippen LogP contribution in [0.4, 0.5) is 33.3 Å². The predicted octanol–water partition coefficient (Wildman–Crippen LogP) is 5.44. The Labute approximate surface area is 215 Å². The van der Waals surface area contributed by atoms with Crippen molar-refractivity contribution < 1.29 is 41.1 Å². The first kappa shape index (κ1) is 25.5. The third-order valence-corrected chi connectivity index (χ3v) is 6.39. The molecule has 0 fully saturated rings. The van der Waals surface area contributed by atoms with Gasteiger partial charge in [0.1, 0.15) is 17.4 Å². The SMILES string of the molecule is C[C@H]1Oc2cc(NC(=O)c3cc(F)cc(C(F)(F)F)c3)c3c(c2NC1=O)C(=O)N[C@@H]3c1cc(F)ccc1Cl. The molecule has 0 radical (unpaired) electrons. The Kier molecular flexibility index (Phi) is 6.02. The normalized spacial score (nSPS) is 18.2. The van der Waals surface area contributed by atoms with E-state index >= 15 is 0 Å². The number of carbonyl (C=O) groups is 3. The molecule has 3 amide bonds. The van der Waals surface area contributed by atoms with E-state index in [1.54, 1.807) is 0 Å². The first-order chi connectivity index (χ1) is 17.8. The minimum atomic E-state index is -4.91. The van der Waals surface area contributed by atoms with Crippen LogP contribution >= 0.6 is 11.6 Å². The average molecular weight is 552 g/mol. The number of hydrogen-bond acceptors (Lipinski definition) is 4. The Bertz CT molecular complexity index is 1540. The van der Waals surface area contributed by atoms with E-state index in [9.17, 15) is 36.3 Å². The molecule has 0 unspecified atom stereocenters. The third kappa shape index (κ3) is 4.40. The summed E-state index contributed by atoms with van der Waals surface area (Å²) in [6, 6.07) is 4.87. The van der Waals surface area contributed by atoms with Crippen LogP contribution in [-0.2, 0) is 11.0 Å². The standard InChI is InChI=1S/C25H15ClF5N3O4/c1-9-22(35)34-21-17(38-9)8-16(32-23(36)10-4-11(25(29,30)31)6-13(28)5-10)18-19(21)24(37)33-20(18)14-7-12(27)2-3-15(14)26/h2-9,20H,1H3,(H,32,36)(H,33,37)(H,34,35)/t9-,20-/m1/s1. The predicted molar refractivity (Wildman–Crippen MR) is 125 cm³/mol. The van der Waals surface area contributed by atoms with E-state index in [1.807, 2.05) is 0 Å². The fraction of sp³-hybridized carbons (Fsp3) is 0.160. The highest BCUT2D eigenvalue weighted by atomic mass is 35.5. The maximum absolute atomic E-state index is 14.1. The van der Waals surface area contributed by atoms with E-state index in [-0.39, 0.29) is 44.9 Å². The van der Waals surface area contributed by atoms with Crippen molar-refractivity contribution in [2.75, 3.05) is 10.6 Å². The number of rotatable bonds is 3. The average Bonchev–Trinajstić information content (AvgIpc) is 3.18. The van der Waals surface area contributed by atoms with Gasteiger partial charge in [0.15, 0.2) is 6.10 Å². The highest BCUT2D eigenvalue weighted by Gasteiger charge is 2.40. The van der Waals surface area contributed by atoms with E-state index in [0.29, 0.717) is 12.1 Å². The quantitative estimate of drug-likeness (QED) is 0.378. The molecule has 3 N–H and O–H groups in total. The summed E-state index contributed by atoms with van der Waals surface area (Å²) in [5.41, 5.74) is -2.13. The fourth-order valence-electron chi connectivity index (χ4n) is 4.32. The number of fused-ring (bicyclic) bond motifs is 3. The number of benzene rings is 3. The van der Waals surface area contributed by atoms with Gasteiger partial charge in [-0.25, -0.2) is 8.78 Å². The third-order valence-electron chi connectivity index (χ3n) is 6.05. The largest absolute Gasteiger partial charge is 0.479 e. The molecule has 2 aliphatic rings. The van der Waals surface area contributed by atoms with Gasteiger partial charge in [-0.1, -0.05) is 11.6 Å². The van der Waals surface area contributed by atoms with Crippen molar-refractivity contribution in [3.8, 4) is 5.75 Å². The number of amides is 3. The summed E-state index contributed by atoms with van der Waals surface area (Å²) in [5.74, 6) is -4.39. The molecule has 2 aliphatic heterocycles. The summed E-state index contributed by atoms with van der Waals surface area (Å²) in [5, 5.41) is 7.64. The van der Waals surface area contributed by atoms with E-state index in [4.69, 9.17) is 16.3 Å². The zero-order valence-electron chi connectivity index (χ0n) is 19.1. The number of halogens is 6. The summed E-state index contributed by atoms with van der Waals surface area (Å²) in [7, 11) is 0. The zero-order chi connectivity index (χ0) is 27.5. The topological polar surface area (TPSA) is 96.5 Å². The maximum Gasteiger partial charge on any atom is 0.416 e. The second-order valence-corrected chi connectivity index (χ2v) is 9.00. The van der Waals surface area contributed by atoms with Gasteiger partial charge in [0.2, 0.25) is 0 Å². The summed E-state index contributed by atoms with van der Waals surface area (Å²) >= 11 is 6.26. The highest BCUT2D eigenvalue weighted by Crippen LogP contribution is 2.47. The molecular weight excluding hydrogens is 537 g/mol. The molecule has 0 spiro atoms. The minimum Gasteiger partial charge on any atom is -0.479 e. The summed E-state index contributed by atoms with van der Waals surface area (Å²) in [4.78, 5) is 38.4. The molecule has 38 heavy (non-hydrogen) atoms. The molecule has 0 saturated carbocycles. The van der Waals surface area contributed by atoms with Gasteiger partial charge >= 0.3 is 6.18 Å². The van der Waals surface area contributed by atoms with E-state index in [0.717, 1.165) is 12.1 Å². The van der Waals surface area contributed by atoms with Crippen molar-refractivity contribution in [3.63, 3.8) is 0 Å². The Morgan fingerprint density at radius 1 is 1.05 bits per heavy atom. The van der Waals surface area contributed by atoms with Crippen molar-refractivity contribution in [1.29, 1.82) is 0 Å². The Hall–Kier alpha value is -4.19. The molecular formula is C25H15ClF5N3O4. The zero-order valence-corrected chi connectivity index (χ0v) is 19.9. The Morgan fingerprint density at radius 3 is 2.50 bits per heavy atom. The summed E-state index contributed by atoms with van der Waals surface area (Å²) in [6.45, 7) is 1.44. The summed E-state index contributed by atoms with van der Waals surface area (Å²) < 4.78 is 73.2. The van der Waals surface area contributed by atoms with E-state index in [1.165, 1.54) is 19.1 Å². The molecule has 196 valence electrons. The van der Waals surface area contributed by atoms with Crippen LogP contribution in [-0.4, -0.2) is 23.8 Å². The van der Waals surface area contributed by atoms with Crippen LogP contribution in [0.1, 0.15) is 50.4 Å². The molecule has 0 bridgehead atoms. The minimum absolute atomic E-state index is 0.0116. The first-order valence-corrected chi connectivity index (χ1v) is 11.3. The molecule has 0 aromatic heterocycles. The van der Waals surface area contributed by atoms with Gasteiger partial charge in [-0.2, -0.15) is 13.2 Å². The number of ether oxygens (including phenoxy) is 1. The van der Waals surface area contributed by atoms with Gasteiger partial charge in [-0.15, -0.1) is 0 Å². The smallest absolute Gasteiger partial charge is 0.416 e. The van der Waals surface area contributed by atoms with Gasteiger partial charge in [-0.05, 0) is 43.3 Å². The van der Waals surface area contributed by atoms with Crippen molar-refractivity contribution in [2.45, 2.75) is 25.2 Å². The molecule has 0 saturated heterocycles. The molecule has 13 heteroatoms. The van der Waals surface area contributed by atoms with Gasteiger partial charge in [0.25, 0.3) is 17.7 Å². The number of carbonyl (C=O) groups excluding carboxylic acids is 3. The van der Waals surface area contributed by atoms with Crippen LogP contribution < -0.4 is 20.7 Å². The molecule has 2 atom stereocenters. The van der Waals surface area contributed by atoms with Gasteiger partial charge in [0.05, 0.1) is 28.5 Å². The second-order valence-electron chi connectivity index (χ2n) is 8.59. The van der Waals surface area contributed by atoms with Crippen molar-refractivity contribution in [2.24, 2.45) is 0 Å². The molecule has 2 heterocycles. The van der Waals surface area contributed by atoms with Gasteiger partial charge < -0.3 is 20.7 Å².